The Hall–Kier alpha value is -4.08. The maximum absolute atomic E-state index is 13.9. The highest BCUT2D eigenvalue weighted by Crippen LogP contribution is 2.39. The van der Waals surface area contributed by atoms with E-state index in [4.69, 9.17) is 16.3 Å². The zero-order chi connectivity index (χ0) is 26.7. The van der Waals surface area contributed by atoms with Gasteiger partial charge in [-0.05, 0) is 41.0 Å². The molecule has 1 aliphatic rings. The van der Waals surface area contributed by atoms with Crippen LogP contribution >= 0.6 is 11.6 Å². The molecule has 38 heavy (non-hydrogen) atoms. The van der Waals surface area contributed by atoms with E-state index in [0.29, 0.717) is 31.2 Å². The lowest BCUT2D eigenvalue weighted by Gasteiger charge is -2.39. The lowest BCUT2D eigenvalue weighted by Crippen LogP contribution is -2.53. The minimum absolute atomic E-state index is 0.153. The van der Waals surface area contributed by atoms with Gasteiger partial charge in [-0.1, -0.05) is 66.2 Å². The van der Waals surface area contributed by atoms with Crippen LogP contribution < -0.4 is 9.64 Å². The normalized spacial score (nSPS) is 15.1. The number of para-hydroxylation sites is 1. The third kappa shape index (κ3) is 4.78. The van der Waals surface area contributed by atoms with Crippen molar-refractivity contribution in [3.63, 3.8) is 0 Å². The smallest absolute Gasteiger partial charge is 0.243 e. The van der Waals surface area contributed by atoms with Gasteiger partial charge in [-0.3, -0.25) is 9.78 Å². The van der Waals surface area contributed by atoms with Gasteiger partial charge in [0.05, 0.1) is 23.9 Å². The van der Waals surface area contributed by atoms with Crippen molar-refractivity contribution in [3.8, 4) is 22.9 Å². The van der Waals surface area contributed by atoms with Crippen molar-refractivity contribution in [3.05, 3.63) is 89.7 Å². The molecule has 0 bridgehead atoms. The molecule has 5 rings (SSSR count). The molecule has 3 aromatic carbocycles. The number of methoxy groups -OCH3 is 1. The van der Waals surface area contributed by atoms with Gasteiger partial charge in [0.15, 0.2) is 0 Å². The molecule has 1 aliphatic heterocycles. The minimum Gasteiger partial charge on any atom is -0.496 e. The predicted molar refractivity (Wildman–Crippen MR) is 151 cm³/mol. The van der Waals surface area contributed by atoms with Gasteiger partial charge in [-0.25, -0.2) is 0 Å². The number of piperazine rings is 1. The van der Waals surface area contributed by atoms with Crippen LogP contribution in [0.15, 0.2) is 79.1 Å². The second-order valence-corrected chi connectivity index (χ2v) is 10.1. The van der Waals surface area contributed by atoms with Gasteiger partial charge < -0.3 is 14.5 Å². The number of benzene rings is 3. The second kappa shape index (κ2) is 10.7. The minimum atomic E-state index is -1.24. The molecule has 1 aromatic heterocycles. The van der Waals surface area contributed by atoms with Crippen LogP contribution in [-0.2, 0) is 11.2 Å². The summed E-state index contributed by atoms with van der Waals surface area (Å²) in [4.78, 5) is 21.9. The van der Waals surface area contributed by atoms with Gasteiger partial charge >= 0.3 is 0 Å². The summed E-state index contributed by atoms with van der Waals surface area (Å²) in [5.74, 6) is 0.597. The summed E-state index contributed by atoms with van der Waals surface area (Å²) >= 11 is 6.34. The first kappa shape index (κ1) is 25.6. The molecule has 0 spiro atoms. The molecule has 2 heterocycles. The molecule has 1 unspecified atom stereocenters. The van der Waals surface area contributed by atoms with E-state index >= 15 is 0 Å². The van der Waals surface area contributed by atoms with E-state index in [2.05, 4.69) is 40.2 Å². The fourth-order valence-corrected chi connectivity index (χ4v) is 5.53. The van der Waals surface area contributed by atoms with Crippen molar-refractivity contribution in [2.24, 2.45) is 5.41 Å². The average molecular weight is 525 g/mol. The number of pyridine rings is 1. The van der Waals surface area contributed by atoms with E-state index in [9.17, 15) is 10.1 Å². The fraction of sp³-hybridized carbons (Fsp3) is 0.258. The SMILES string of the molecule is COc1ccccc1-c1ccc2ccccc2c1CC(C)(C#N)C(=O)N1CCN(c2ccncc2Cl)CC1. The molecule has 0 saturated carbocycles. The maximum atomic E-state index is 13.9. The molecule has 1 saturated heterocycles. The van der Waals surface area contributed by atoms with Crippen LogP contribution in [0.25, 0.3) is 21.9 Å². The zero-order valence-corrected chi connectivity index (χ0v) is 22.3. The van der Waals surface area contributed by atoms with Gasteiger partial charge in [-0.15, -0.1) is 0 Å². The highest BCUT2D eigenvalue weighted by Gasteiger charge is 2.39. The molecule has 1 amide bonds. The molecule has 4 aromatic rings. The Kier molecular flexibility index (Phi) is 7.22. The number of rotatable bonds is 6. The first-order valence-corrected chi connectivity index (χ1v) is 13.0. The van der Waals surface area contributed by atoms with Gasteiger partial charge in [-0.2, -0.15) is 5.26 Å². The quantitative estimate of drug-likeness (QED) is 0.310. The molecule has 1 atom stereocenters. The molecular formula is C31H29ClN4O2. The molecule has 0 aliphatic carbocycles. The number of fused-ring (bicyclic) bond motifs is 1. The molecule has 6 nitrogen and oxygen atoms in total. The highest BCUT2D eigenvalue weighted by molar-refractivity contribution is 6.33. The number of hydrogen-bond acceptors (Lipinski definition) is 5. The number of nitriles is 1. The summed E-state index contributed by atoms with van der Waals surface area (Å²) in [5.41, 5.74) is 2.54. The number of amides is 1. The van der Waals surface area contributed by atoms with E-state index in [1.165, 1.54) is 0 Å². The molecule has 0 radical (unpaired) electrons. The van der Waals surface area contributed by atoms with Crippen molar-refractivity contribution in [1.29, 1.82) is 5.26 Å². The molecule has 0 N–H and O–H groups in total. The van der Waals surface area contributed by atoms with Crippen LogP contribution in [0.1, 0.15) is 12.5 Å². The average Bonchev–Trinajstić information content (AvgIpc) is 2.97. The Bertz CT molecular complexity index is 1520. The Morgan fingerprint density at radius 3 is 2.50 bits per heavy atom. The second-order valence-electron chi connectivity index (χ2n) is 9.74. The standard InChI is InChI=1S/C31H29ClN4O2/c1-31(21-33,30(37)36-17-15-35(16-18-36)28-13-14-34-20-27(28)32)19-26-23-8-4-3-7-22(23)11-12-24(26)25-9-5-6-10-29(25)38-2/h3-14,20H,15-19H2,1-2H3. The van der Waals surface area contributed by atoms with Crippen LogP contribution in [0.4, 0.5) is 5.69 Å². The summed E-state index contributed by atoms with van der Waals surface area (Å²) in [7, 11) is 1.65. The Morgan fingerprint density at radius 1 is 1.03 bits per heavy atom. The summed E-state index contributed by atoms with van der Waals surface area (Å²) in [6.45, 7) is 4.07. The third-order valence-electron chi connectivity index (χ3n) is 7.35. The first-order chi connectivity index (χ1) is 18.4. The van der Waals surface area contributed by atoms with E-state index < -0.39 is 5.41 Å². The number of anilines is 1. The number of carbonyl (C=O) groups is 1. The molecular weight excluding hydrogens is 496 g/mol. The van der Waals surface area contributed by atoms with Crippen molar-refractivity contribution in [2.75, 3.05) is 38.2 Å². The zero-order valence-electron chi connectivity index (χ0n) is 21.5. The Balaban J connectivity index is 1.47. The van der Waals surface area contributed by atoms with Gasteiger partial charge in [0.1, 0.15) is 11.2 Å². The number of hydrogen-bond donors (Lipinski definition) is 0. The number of ether oxygens (including phenoxy) is 1. The Morgan fingerprint density at radius 2 is 1.76 bits per heavy atom. The summed E-state index contributed by atoms with van der Waals surface area (Å²) in [6, 6.07) is 24.4. The monoisotopic (exact) mass is 524 g/mol. The van der Waals surface area contributed by atoms with E-state index in [1.54, 1.807) is 26.4 Å². The topological polar surface area (TPSA) is 69.5 Å². The largest absolute Gasteiger partial charge is 0.496 e. The van der Waals surface area contributed by atoms with E-state index in [0.717, 1.165) is 38.9 Å². The number of carbonyl (C=O) groups excluding carboxylic acids is 1. The lowest BCUT2D eigenvalue weighted by molar-refractivity contribution is -0.138. The third-order valence-corrected chi connectivity index (χ3v) is 7.64. The first-order valence-electron chi connectivity index (χ1n) is 12.6. The number of aromatic nitrogens is 1. The van der Waals surface area contributed by atoms with Crippen molar-refractivity contribution < 1.29 is 9.53 Å². The highest BCUT2D eigenvalue weighted by atomic mass is 35.5. The van der Waals surface area contributed by atoms with Crippen LogP contribution in [0.3, 0.4) is 0 Å². The van der Waals surface area contributed by atoms with Gasteiger partial charge in [0, 0.05) is 50.6 Å². The Labute approximate surface area is 228 Å². The summed E-state index contributed by atoms with van der Waals surface area (Å²) in [6.07, 6.45) is 3.63. The van der Waals surface area contributed by atoms with E-state index in [-0.39, 0.29) is 12.3 Å². The summed E-state index contributed by atoms with van der Waals surface area (Å²) < 4.78 is 5.66. The lowest BCUT2D eigenvalue weighted by atomic mass is 9.79. The van der Waals surface area contributed by atoms with Crippen LogP contribution in [-0.4, -0.2) is 49.1 Å². The summed E-state index contributed by atoms with van der Waals surface area (Å²) in [5, 5.41) is 13.1. The van der Waals surface area contributed by atoms with Crippen LogP contribution in [0, 0.1) is 16.7 Å². The van der Waals surface area contributed by atoms with Crippen LogP contribution in [0.2, 0.25) is 5.02 Å². The molecule has 1 fully saturated rings. The van der Waals surface area contributed by atoms with E-state index in [1.807, 2.05) is 47.4 Å². The van der Waals surface area contributed by atoms with Crippen LogP contribution in [0.5, 0.6) is 5.75 Å². The maximum Gasteiger partial charge on any atom is 0.243 e. The number of nitrogens with zero attached hydrogens (tertiary/aromatic N) is 4. The fourth-order valence-electron chi connectivity index (χ4n) is 5.29. The van der Waals surface area contributed by atoms with Gasteiger partial charge in [0.2, 0.25) is 5.91 Å². The predicted octanol–water partition coefficient (Wildman–Crippen LogP) is 5.98. The van der Waals surface area contributed by atoms with Gasteiger partial charge in [0.25, 0.3) is 0 Å². The molecule has 192 valence electrons. The number of halogens is 1. The van der Waals surface area contributed by atoms with Crippen molar-refractivity contribution in [1.82, 2.24) is 9.88 Å². The molecule has 7 heteroatoms. The van der Waals surface area contributed by atoms with Crippen molar-refractivity contribution in [2.45, 2.75) is 13.3 Å². The van der Waals surface area contributed by atoms with Crippen molar-refractivity contribution >= 4 is 34.0 Å².